The summed E-state index contributed by atoms with van der Waals surface area (Å²) in [6.45, 7) is 11.4. The van der Waals surface area contributed by atoms with E-state index in [-0.39, 0.29) is 31.1 Å². The summed E-state index contributed by atoms with van der Waals surface area (Å²) in [4.78, 5) is 38.2. The first kappa shape index (κ1) is 65.4. The molecule has 0 aromatic heterocycles. The van der Waals surface area contributed by atoms with Crippen LogP contribution < -0.4 is 0 Å². The molecule has 0 heterocycles. The predicted octanol–water partition coefficient (Wildman–Crippen LogP) is 20.0. The smallest absolute Gasteiger partial charge is 0.306 e. The van der Waals surface area contributed by atoms with Crippen molar-refractivity contribution in [1.82, 2.24) is 0 Å². The minimum Gasteiger partial charge on any atom is -0.462 e. The van der Waals surface area contributed by atoms with E-state index < -0.39 is 6.10 Å². The lowest BCUT2D eigenvalue weighted by molar-refractivity contribution is -0.167. The van der Waals surface area contributed by atoms with Crippen molar-refractivity contribution in [3.05, 3.63) is 0 Å². The minimum absolute atomic E-state index is 0.0626. The summed E-state index contributed by atoms with van der Waals surface area (Å²) in [5.41, 5.74) is 0. The molecule has 0 unspecified atom stereocenters. The molecule has 0 bridgehead atoms. The van der Waals surface area contributed by atoms with E-state index in [2.05, 4.69) is 34.6 Å². The molecule has 1 atom stereocenters. The Labute approximate surface area is 418 Å². The van der Waals surface area contributed by atoms with Crippen LogP contribution in [0.15, 0.2) is 0 Å². The summed E-state index contributed by atoms with van der Waals surface area (Å²) < 4.78 is 16.9. The van der Waals surface area contributed by atoms with Crippen LogP contribution in [0.25, 0.3) is 0 Å². The molecule has 0 saturated heterocycles. The molecule has 6 heteroatoms. The average Bonchev–Trinajstić information content (AvgIpc) is 3.30. The van der Waals surface area contributed by atoms with Gasteiger partial charge in [-0.25, -0.2) is 0 Å². The van der Waals surface area contributed by atoms with Crippen molar-refractivity contribution in [2.45, 2.75) is 349 Å². The zero-order valence-electron chi connectivity index (χ0n) is 46.0. The highest BCUT2D eigenvalue weighted by Gasteiger charge is 2.19. The van der Waals surface area contributed by atoms with Crippen molar-refractivity contribution in [2.75, 3.05) is 13.2 Å². The molecule has 0 aliphatic carbocycles. The quantitative estimate of drug-likeness (QED) is 0.0343. The Morgan fingerprint density at radius 1 is 0.284 bits per heavy atom. The van der Waals surface area contributed by atoms with Crippen LogP contribution in [0.3, 0.4) is 0 Å². The third kappa shape index (κ3) is 55.2. The highest BCUT2D eigenvalue weighted by atomic mass is 16.6. The van der Waals surface area contributed by atoms with E-state index in [9.17, 15) is 14.4 Å². The molecule has 0 radical (unpaired) electrons. The molecule has 0 aliphatic heterocycles. The first-order chi connectivity index (χ1) is 32.7. The lowest BCUT2D eigenvalue weighted by atomic mass is 10.0. The van der Waals surface area contributed by atoms with Gasteiger partial charge in [0.25, 0.3) is 0 Å². The molecule has 0 N–H and O–H groups in total. The van der Waals surface area contributed by atoms with Gasteiger partial charge in [-0.15, -0.1) is 0 Å². The fourth-order valence-electron chi connectivity index (χ4n) is 9.40. The Morgan fingerprint density at radius 2 is 0.493 bits per heavy atom. The number of unbranched alkanes of at least 4 members (excludes halogenated alkanes) is 40. The maximum absolute atomic E-state index is 12.8. The second kappa shape index (κ2) is 53.8. The molecule has 0 saturated carbocycles. The Kier molecular flexibility index (Phi) is 52.5. The highest BCUT2D eigenvalue weighted by molar-refractivity contribution is 5.71. The van der Waals surface area contributed by atoms with Gasteiger partial charge < -0.3 is 14.2 Å². The number of carbonyl (C=O) groups is 3. The predicted molar refractivity (Wildman–Crippen MR) is 289 cm³/mol. The third-order valence-corrected chi connectivity index (χ3v) is 14.0. The van der Waals surface area contributed by atoms with Gasteiger partial charge in [0, 0.05) is 19.3 Å². The van der Waals surface area contributed by atoms with Crippen molar-refractivity contribution in [1.29, 1.82) is 0 Å². The summed E-state index contributed by atoms with van der Waals surface area (Å²) >= 11 is 0. The fraction of sp³-hybridized carbons (Fsp3) is 0.951. The lowest BCUT2D eigenvalue weighted by Crippen LogP contribution is -2.30. The monoisotopic (exact) mass is 947 g/mol. The fourth-order valence-corrected chi connectivity index (χ4v) is 9.40. The standard InChI is InChI=1S/C61H118O6/c1-6-7-8-9-10-11-12-13-14-15-16-17-18-22-25-31-36-41-46-51-59(62)65-54-58(67-61(64)53-48-43-38-33-28-27-30-35-40-45-50-57(4)5)55-66-60(63)52-47-42-37-32-26-23-20-19-21-24-29-34-39-44-49-56(2)3/h56-58H,6-55H2,1-5H3/t58-/m1/s1. The summed E-state index contributed by atoms with van der Waals surface area (Å²) in [6, 6.07) is 0. The Hall–Kier alpha value is -1.59. The number of hydrogen-bond donors (Lipinski definition) is 0. The van der Waals surface area contributed by atoms with Gasteiger partial charge in [0.05, 0.1) is 0 Å². The SMILES string of the molecule is CCCCCCCCCCCCCCCCCCCCCC(=O)OC[C@H](COC(=O)CCCCCCCCCCCCCCCCC(C)C)OC(=O)CCCCCCCCCCCCC(C)C. The Balaban J connectivity index is 4.26. The molecule has 398 valence electrons. The van der Waals surface area contributed by atoms with Crippen LogP contribution in [-0.2, 0) is 28.6 Å². The van der Waals surface area contributed by atoms with Gasteiger partial charge in [-0.2, -0.15) is 0 Å². The Morgan fingerprint density at radius 3 is 0.731 bits per heavy atom. The molecular formula is C61H118O6. The van der Waals surface area contributed by atoms with Crippen LogP contribution in [0.4, 0.5) is 0 Å². The molecule has 6 nitrogen and oxygen atoms in total. The number of ether oxygens (including phenoxy) is 3. The van der Waals surface area contributed by atoms with Gasteiger partial charge in [-0.3, -0.25) is 14.4 Å². The summed E-state index contributed by atoms with van der Waals surface area (Å²) in [6.07, 6.45) is 58.2. The van der Waals surface area contributed by atoms with Crippen molar-refractivity contribution in [3.8, 4) is 0 Å². The van der Waals surface area contributed by atoms with Gasteiger partial charge in [0.2, 0.25) is 0 Å². The first-order valence-electron chi connectivity index (χ1n) is 30.2. The largest absolute Gasteiger partial charge is 0.462 e. The molecule has 0 aromatic carbocycles. The van der Waals surface area contributed by atoms with Gasteiger partial charge in [0.1, 0.15) is 13.2 Å². The zero-order valence-corrected chi connectivity index (χ0v) is 46.0. The average molecular weight is 948 g/mol. The van der Waals surface area contributed by atoms with Crippen molar-refractivity contribution < 1.29 is 28.6 Å². The van der Waals surface area contributed by atoms with E-state index in [0.717, 1.165) is 69.6 Å². The van der Waals surface area contributed by atoms with E-state index in [1.54, 1.807) is 0 Å². The highest BCUT2D eigenvalue weighted by Crippen LogP contribution is 2.18. The van der Waals surface area contributed by atoms with E-state index in [4.69, 9.17) is 14.2 Å². The molecule has 0 rings (SSSR count). The van der Waals surface area contributed by atoms with E-state index in [0.29, 0.717) is 19.3 Å². The summed E-state index contributed by atoms with van der Waals surface area (Å²) in [7, 11) is 0. The Bertz CT molecular complexity index is 1020. The number of esters is 3. The van der Waals surface area contributed by atoms with E-state index >= 15 is 0 Å². The van der Waals surface area contributed by atoms with Gasteiger partial charge >= 0.3 is 17.9 Å². The maximum atomic E-state index is 12.8. The zero-order chi connectivity index (χ0) is 48.9. The number of rotatable bonds is 55. The van der Waals surface area contributed by atoms with Crippen LogP contribution in [0.2, 0.25) is 0 Å². The molecule has 67 heavy (non-hydrogen) atoms. The second-order valence-corrected chi connectivity index (χ2v) is 21.9. The topological polar surface area (TPSA) is 78.9 Å². The number of carbonyl (C=O) groups excluding carboxylic acids is 3. The third-order valence-electron chi connectivity index (χ3n) is 14.0. The van der Waals surface area contributed by atoms with Crippen LogP contribution in [-0.4, -0.2) is 37.2 Å². The maximum Gasteiger partial charge on any atom is 0.306 e. The summed E-state index contributed by atoms with van der Waals surface area (Å²) in [5.74, 6) is 0.823. The van der Waals surface area contributed by atoms with Crippen molar-refractivity contribution in [3.63, 3.8) is 0 Å². The van der Waals surface area contributed by atoms with Crippen LogP contribution in [0, 0.1) is 11.8 Å². The molecule has 0 amide bonds. The molecular weight excluding hydrogens is 829 g/mol. The van der Waals surface area contributed by atoms with Crippen LogP contribution in [0.5, 0.6) is 0 Å². The molecule has 0 spiro atoms. The van der Waals surface area contributed by atoms with Crippen molar-refractivity contribution in [2.24, 2.45) is 11.8 Å². The minimum atomic E-state index is -0.763. The summed E-state index contributed by atoms with van der Waals surface area (Å²) in [5, 5.41) is 0. The van der Waals surface area contributed by atoms with E-state index in [1.165, 1.54) is 231 Å². The molecule has 0 aromatic rings. The first-order valence-corrected chi connectivity index (χ1v) is 30.2. The number of hydrogen-bond acceptors (Lipinski definition) is 6. The van der Waals surface area contributed by atoms with E-state index in [1.807, 2.05) is 0 Å². The molecule has 0 aliphatic rings. The van der Waals surface area contributed by atoms with Crippen molar-refractivity contribution >= 4 is 17.9 Å². The van der Waals surface area contributed by atoms with Gasteiger partial charge in [-0.05, 0) is 31.1 Å². The normalized spacial score (nSPS) is 12.0. The van der Waals surface area contributed by atoms with Gasteiger partial charge in [0.15, 0.2) is 6.10 Å². The van der Waals surface area contributed by atoms with Crippen LogP contribution in [0.1, 0.15) is 343 Å². The van der Waals surface area contributed by atoms with Crippen LogP contribution >= 0.6 is 0 Å². The second-order valence-electron chi connectivity index (χ2n) is 21.9. The molecule has 0 fully saturated rings. The lowest BCUT2D eigenvalue weighted by Gasteiger charge is -2.18. The van der Waals surface area contributed by atoms with Gasteiger partial charge in [-0.1, -0.05) is 304 Å².